The lowest BCUT2D eigenvalue weighted by molar-refractivity contribution is -0.108. The Kier molecular flexibility index (Phi) is 3.94. The predicted octanol–water partition coefficient (Wildman–Crippen LogP) is 2.68. The lowest BCUT2D eigenvalue weighted by Gasteiger charge is -2.26. The fourth-order valence-corrected chi connectivity index (χ4v) is 3.02. The number of aldehydes is 1. The highest BCUT2D eigenvalue weighted by molar-refractivity contribution is 7.14. The van der Waals surface area contributed by atoms with Crippen LogP contribution in [0, 0.1) is 0 Å². The van der Waals surface area contributed by atoms with E-state index in [1.54, 1.807) is 0 Å². The maximum Gasteiger partial charge on any atom is 0.263 e. The van der Waals surface area contributed by atoms with E-state index in [-0.39, 0.29) is 11.8 Å². The van der Waals surface area contributed by atoms with Crippen LogP contribution in [0.2, 0.25) is 0 Å². The Morgan fingerprint density at radius 3 is 2.71 bits per heavy atom. The van der Waals surface area contributed by atoms with Crippen molar-refractivity contribution in [2.24, 2.45) is 0 Å². The number of piperidine rings is 1. The van der Waals surface area contributed by atoms with Gasteiger partial charge >= 0.3 is 0 Å². The predicted molar refractivity (Wildman–Crippen MR) is 68.6 cm³/mol. The van der Waals surface area contributed by atoms with Gasteiger partial charge in [-0.25, -0.2) is 0 Å². The minimum absolute atomic E-state index is 0.108. The zero-order valence-corrected chi connectivity index (χ0v) is 10.8. The number of thiophene rings is 1. The molecule has 3 nitrogen and oxygen atoms in total. The van der Waals surface area contributed by atoms with E-state index in [2.05, 4.69) is 0 Å². The molecule has 0 spiro atoms. The lowest BCUT2D eigenvalue weighted by atomic mass is 10.1. The molecule has 0 bridgehead atoms. The van der Waals surface area contributed by atoms with Crippen molar-refractivity contribution < 1.29 is 9.59 Å². The number of hydrogen-bond acceptors (Lipinski definition) is 3. The Bertz CT molecular complexity index is 407. The summed E-state index contributed by atoms with van der Waals surface area (Å²) >= 11 is 1.44. The van der Waals surface area contributed by atoms with Gasteiger partial charge in [0.05, 0.1) is 4.88 Å². The van der Waals surface area contributed by atoms with Crippen molar-refractivity contribution in [1.29, 1.82) is 0 Å². The van der Waals surface area contributed by atoms with Gasteiger partial charge in [0, 0.05) is 23.9 Å². The molecule has 0 aliphatic carbocycles. The Morgan fingerprint density at radius 1 is 1.35 bits per heavy atom. The van der Waals surface area contributed by atoms with Crippen molar-refractivity contribution in [3.8, 4) is 0 Å². The SMILES string of the molecule is CC(C=O)c1ccc(C(=O)N2CCCCC2)s1. The summed E-state index contributed by atoms with van der Waals surface area (Å²) in [5, 5.41) is 0. The largest absolute Gasteiger partial charge is 0.338 e. The van der Waals surface area contributed by atoms with Gasteiger partial charge in [-0.1, -0.05) is 6.92 Å². The number of carbonyl (C=O) groups excluding carboxylic acids is 2. The van der Waals surface area contributed by atoms with Gasteiger partial charge in [0.2, 0.25) is 0 Å². The first-order valence-electron chi connectivity index (χ1n) is 6.06. The zero-order chi connectivity index (χ0) is 12.3. The second-order valence-electron chi connectivity index (χ2n) is 4.48. The van der Waals surface area contributed by atoms with Crippen LogP contribution in [0.5, 0.6) is 0 Å². The first-order valence-corrected chi connectivity index (χ1v) is 6.88. The van der Waals surface area contributed by atoms with E-state index in [1.165, 1.54) is 17.8 Å². The van der Waals surface area contributed by atoms with E-state index in [1.807, 2.05) is 24.0 Å². The Balaban J connectivity index is 2.08. The molecule has 0 saturated carbocycles. The number of carbonyl (C=O) groups is 2. The minimum Gasteiger partial charge on any atom is -0.338 e. The molecule has 0 N–H and O–H groups in total. The molecule has 92 valence electrons. The highest BCUT2D eigenvalue weighted by atomic mass is 32.1. The number of likely N-dealkylation sites (tertiary alicyclic amines) is 1. The summed E-state index contributed by atoms with van der Waals surface area (Å²) in [6, 6.07) is 3.73. The number of nitrogens with zero attached hydrogens (tertiary/aromatic N) is 1. The van der Waals surface area contributed by atoms with Crippen molar-refractivity contribution >= 4 is 23.5 Å². The smallest absolute Gasteiger partial charge is 0.263 e. The fourth-order valence-electron chi connectivity index (χ4n) is 2.03. The highest BCUT2D eigenvalue weighted by Crippen LogP contribution is 2.25. The summed E-state index contributed by atoms with van der Waals surface area (Å²) in [5.74, 6) is 0.0157. The molecule has 0 radical (unpaired) electrons. The molecule has 17 heavy (non-hydrogen) atoms. The molecule has 1 unspecified atom stereocenters. The third kappa shape index (κ3) is 2.75. The first kappa shape index (κ1) is 12.3. The van der Waals surface area contributed by atoms with E-state index >= 15 is 0 Å². The van der Waals surface area contributed by atoms with Crippen LogP contribution in [-0.2, 0) is 4.79 Å². The van der Waals surface area contributed by atoms with Gasteiger partial charge in [0.15, 0.2) is 0 Å². The van der Waals surface area contributed by atoms with Crippen molar-refractivity contribution in [2.45, 2.75) is 32.1 Å². The van der Waals surface area contributed by atoms with Crippen molar-refractivity contribution in [2.75, 3.05) is 13.1 Å². The molecule has 1 aromatic rings. The van der Waals surface area contributed by atoms with Gasteiger partial charge in [-0.05, 0) is 31.4 Å². The zero-order valence-electron chi connectivity index (χ0n) is 10.0. The summed E-state index contributed by atoms with van der Waals surface area (Å²) in [6.45, 7) is 3.60. The average Bonchev–Trinajstić information content (AvgIpc) is 2.87. The molecular formula is C13H17NO2S. The van der Waals surface area contributed by atoms with E-state index in [4.69, 9.17) is 0 Å². The molecule has 1 atom stereocenters. The van der Waals surface area contributed by atoms with E-state index < -0.39 is 0 Å². The van der Waals surface area contributed by atoms with Gasteiger partial charge in [0.25, 0.3) is 5.91 Å². The molecule has 1 fully saturated rings. The van der Waals surface area contributed by atoms with E-state index in [0.29, 0.717) is 0 Å². The van der Waals surface area contributed by atoms with Crippen LogP contribution in [0.1, 0.15) is 46.7 Å². The summed E-state index contributed by atoms with van der Waals surface area (Å²) in [5.41, 5.74) is 0. The third-order valence-corrected chi connectivity index (χ3v) is 4.41. The van der Waals surface area contributed by atoms with E-state index in [0.717, 1.165) is 42.0 Å². The number of rotatable bonds is 3. The summed E-state index contributed by atoms with van der Waals surface area (Å²) in [4.78, 5) is 26.5. The maximum atomic E-state index is 12.2. The molecule has 4 heteroatoms. The normalized spacial score (nSPS) is 17.8. The van der Waals surface area contributed by atoms with Crippen LogP contribution in [0.3, 0.4) is 0 Å². The molecule has 1 saturated heterocycles. The van der Waals surface area contributed by atoms with Crippen LogP contribution < -0.4 is 0 Å². The van der Waals surface area contributed by atoms with Gasteiger partial charge in [-0.3, -0.25) is 4.79 Å². The Labute approximate surface area is 105 Å². The van der Waals surface area contributed by atoms with Crippen LogP contribution in [0.25, 0.3) is 0 Å². The summed E-state index contributed by atoms with van der Waals surface area (Å²) in [6.07, 6.45) is 4.35. The van der Waals surface area contributed by atoms with Crippen LogP contribution in [0.15, 0.2) is 12.1 Å². The van der Waals surface area contributed by atoms with Gasteiger partial charge in [0.1, 0.15) is 6.29 Å². The molecular weight excluding hydrogens is 234 g/mol. The number of hydrogen-bond donors (Lipinski definition) is 0. The van der Waals surface area contributed by atoms with Crippen LogP contribution in [-0.4, -0.2) is 30.2 Å². The molecule has 1 aromatic heterocycles. The molecule has 1 aliphatic heterocycles. The Hall–Kier alpha value is -1.16. The lowest BCUT2D eigenvalue weighted by Crippen LogP contribution is -2.35. The summed E-state index contributed by atoms with van der Waals surface area (Å²) < 4.78 is 0. The third-order valence-electron chi connectivity index (χ3n) is 3.13. The molecule has 1 amide bonds. The van der Waals surface area contributed by atoms with Crippen LogP contribution >= 0.6 is 11.3 Å². The summed E-state index contributed by atoms with van der Waals surface area (Å²) in [7, 11) is 0. The molecule has 0 aromatic carbocycles. The number of amides is 1. The monoisotopic (exact) mass is 251 g/mol. The standard InChI is InChI=1S/C13H17NO2S/c1-10(9-15)11-5-6-12(17-11)13(16)14-7-3-2-4-8-14/h5-6,9-10H,2-4,7-8H2,1H3. The average molecular weight is 251 g/mol. The van der Waals surface area contributed by atoms with Gasteiger partial charge in [-0.15, -0.1) is 11.3 Å². The van der Waals surface area contributed by atoms with Gasteiger partial charge in [-0.2, -0.15) is 0 Å². The molecule has 2 rings (SSSR count). The molecule has 2 heterocycles. The quantitative estimate of drug-likeness (QED) is 0.775. The van der Waals surface area contributed by atoms with Crippen molar-refractivity contribution in [3.63, 3.8) is 0 Å². The first-order chi connectivity index (χ1) is 8.22. The van der Waals surface area contributed by atoms with Crippen LogP contribution in [0.4, 0.5) is 0 Å². The van der Waals surface area contributed by atoms with Crippen molar-refractivity contribution in [1.82, 2.24) is 4.90 Å². The second-order valence-corrected chi connectivity index (χ2v) is 5.59. The minimum atomic E-state index is -0.108. The van der Waals surface area contributed by atoms with Gasteiger partial charge < -0.3 is 9.69 Å². The molecule has 1 aliphatic rings. The highest BCUT2D eigenvalue weighted by Gasteiger charge is 2.20. The maximum absolute atomic E-state index is 12.2. The fraction of sp³-hybridized carbons (Fsp3) is 0.538. The topological polar surface area (TPSA) is 37.4 Å². The van der Waals surface area contributed by atoms with E-state index in [9.17, 15) is 9.59 Å². The Morgan fingerprint density at radius 2 is 2.06 bits per heavy atom. The van der Waals surface area contributed by atoms with Crippen molar-refractivity contribution in [3.05, 3.63) is 21.9 Å². The second kappa shape index (κ2) is 5.45.